The number of nitrogens with one attached hydrogen (secondary N) is 1. The summed E-state index contributed by atoms with van der Waals surface area (Å²) in [4.78, 5) is 12.2. The Morgan fingerprint density at radius 3 is 2.65 bits per heavy atom. The van der Waals surface area contributed by atoms with Gasteiger partial charge in [0.15, 0.2) is 11.5 Å². The van der Waals surface area contributed by atoms with Gasteiger partial charge in [-0.15, -0.1) is 0 Å². The molecule has 0 saturated heterocycles. The fraction of sp³-hybridized carbons (Fsp3) is 0.286. The predicted molar refractivity (Wildman–Crippen MR) is 71.4 cm³/mol. The van der Waals surface area contributed by atoms with E-state index in [4.69, 9.17) is 14.0 Å². The Bertz CT molecular complexity index is 644. The number of hydrogen-bond donors (Lipinski definition) is 1. The lowest BCUT2D eigenvalue weighted by Crippen LogP contribution is -2.17. The molecule has 0 saturated carbocycles. The van der Waals surface area contributed by atoms with E-state index < -0.39 is 0 Å². The van der Waals surface area contributed by atoms with E-state index in [-0.39, 0.29) is 5.91 Å². The maximum absolute atomic E-state index is 12.2. The third-order valence-corrected chi connectivity index (χ3v) is 3.06. The van der Waals surface area contributed by atoms with Crippen LogP contribution in [0.2, 0.25) is 0 Å². The Morgan fingerprint density at radius 1 is 1.20 bits per heavy atom. The summed E-state index contributed by atoms with van der Waals surface area (Å²) in [5.41, 5.74) is 1.66. The Kier molecular flexibility index (Phi) is 3.06. The van der Waals surface area contributed by atoms with Crippen molar-refractivity contribution in [3.63, 3.8) is 0 Å². The van der Waals surface area contributed by atoms with Gasteiger partial charge in [-0.25, -0.2) is 0 Å². The zero-order valence-corrected chi connectivity index (χ0v) is 11.2. The molecule has 6 heteroatoms. The molecule has 0 aliphatic carbocycles. The van der Waals surface area contributed by atoms with Crippen molar-refractivity contribution >= 4 is 11.6 Å². The summed E-state index contributed by atoms with van der Waals surface area (Å²) >= 11 is 0. The van der Waals surface area contributed by atoms with Gasteiger partial charge in [-0.3, -0.25) is 4.79 Å². The highest BCUT2D eigenvalue weighted by Crippen LogP contribution is 2.32. The van der Waals surface area contributed by atoms with Crippen LogP contribution in [0.15, 0.2) is 22.7 Å². The highest BCUT2D eigenvalue weighted by molar-refractivity contribution is 6.05. The van der Waals surface area contributed by atoms with Gasteiger partial charge in [-0.2, -0.15) is 0 Å². The summed E-state index contributed by atoms with van der Waals surface area (Å²) < 4.78 is 15.9. The number of ether oxygens (including phenoxy) is 2. The molecule has 0 radical (unpaired) electrons. The van der Waals surface area contributed by atoms with Crippen LogP contribution < -0.4 is 14.8 Å². The zero-order valence-electron chi connectivity index (χ0n) is 11.2. The number of anilines is 1. The Labute approximate surface area is 115 Å². The number of aromatic nitrogens is 1. The van der Waals surface area contributed by atoms with Crippen molar-refractivity contribution in [2.24, 2.45) is 0 Å². The molecule has 2 aromatic rings. The minimum Gasteiger partial charge on any atom is -0.486 e. The summed E-state index contributed by atoms with van der Waals surface area (Å²) in [6.07, 6.45) is 0. The van der Waals surface area contributed by atoms with Crippen LogP contribution in [0.1, 0.15) is 21.8 Å². The lowest BCUT2D eigenvalue weighted by Gasteiger charge is -2.18. The van der Waals surface area contributed by atoms with Crippen LogP contribution in [0.3, 0.4) is 0 Å². The van der Waals surface area contributed by atoms with Crippen LogP contribution in [0.5, 0.6) is 11.5 Å². The van der Waals surface area contributed by atoms with Gasteiger partial charge < -0.3 is 19.3 Å². The zero-order chi connectivity index (χ0) is 14.1. The number of rotatable bonds is 2. The minimum absolute atomic E-state index is 0.252. The van der Waals surface area contributed by atoms with Gasteiger partial charge in [-0.1, -0.05) is 5.16 Å². The molecule has 20 heavy (non-hydrogen) atoms. The molecule has 1 aromatic carbocycles. The molecule has 0 bridgehead atoms. The van der Waals surface area contributed by atoms with Gasteiger partial charge in [0.05, 0.1) is 5.69 Å². The molecule has 104 valence electrons. The van der Waals surface area contributed by atoms with Gasteiger partial charge in [0.1, 0.15) is 24.5 Å². The number of aryl methyl sites for hydroxylation is 2. The summed E-state index contributed by atoms with van der Waals surface area (Å²) in [5.74, 6) is 1.56. The third-order valence-electron chi connectivity index (χ3n) is 3.06. The topological polar surface area (TPSA) is 73.6 Å². The van der Waals surface area contributed by atoms with E-state index in [2.05, 4.69) is 10.5 Å². The minimum atomic E-state index is -0.252. The Hall–Kier alpha value is -2.50. The van der Waals surface area contributed by atoms with E-state index in [1.807, 2.05) is 0 Å². The molecule has 0 atom stereocenters. The number of nitrogens with zero attached hydrogens (tertiary/aromatic N) is 1. The van der Waals surface area contributed by atoms with Gasteiger partial charge in [0.25, 0.3) is 5.91 Å². The van der Waals surface area contributed by atoms with E-state index in [1.54, 1.807) is 32.0 Å². The number of fused-ring (bicyclic) bond motifs is 1. The normalized spacial score (nSPS) is 13.1. The van der Waals surface area contributed by atoms with Gasteiger partial charge in [-0.05, 0) is 26.0 Å². The molecule has 6 nitrogen and oxygen atoms in total. The van der Waals surface area contributed by atoms with E-state index in [1.165, 1.54) is 0 Å². The van der Waals surface area contributed by atoms with Crippen molar-refractivity contribution in [1.29, 1.82) is 0 Å². The molecular weight excluding hydrogens is 260 g/mol. The van der Waals surface area contributed by atoms with E-state index >= 15 is 0 Å². The summed E-state index contributed by atoms with van der Waals surface area (Å²) in [7, 11) is 0. The standard InChI is InChI=1S/C14H14N2O4/c1-8-13(9(2)20-16-8)14(17)15-10-3-4-11-12(7-10)19-6-5-18-11/h3-4,7H,5-6H2,1-2H3,(H,15,17). The first-order valence-corrected chi connectivity index (χ1v) is 6.29. The lowest BCUT2D eigenvalue weighted by molar-refractivity contribution is 0.102. The molecule has 0 spiro atoms. The smallest absolute Gasteiger partial charge is 0.261 e. The van der Waals surface area contributed by atoms with Gasteiger partial charge in [0, 0.05) is 11.8 Å². The second-order valence-corrected chi connectivity index (χ2v) is 4.51. The highest BCUT2D eigenvalue weighted by atomic mass is 16.6. The van der Waals surface area contributed by atoms with Crippen molar-refractivity contribution < 1.29 is 18.8 Å². The monoisotopic (exact) mass is 274 g/mol. The van der Waals surface area contributed by atoms with Crippen molar-refractivity contribution in [2.45, 2.75) is 13.8 Å². The summed E-state index contributed by atoms with van der Waals surface area (Å²) in [6, 6.07) is 5.28. The maximum Gasteiger partial charge on any atom is 0.261 e. The van der Waals surface area contributed by atoms with Crippen LogP contribution in [0.4, 0.5) is 5.69 Å². The Balaban J connectivity index is 1.83. The quantitative estimate of drug-likeness (QED) is 0.909. The summed E-state index contributed by atoms with van der Waals surface area (Å²) in [5, 5.41) is 6.57. The molecular formula is C14H14N2O4. The number of amides is 1. The van der Waals surface area contributed by atoms with Crippen molar-refractivity contribution in [1.82, 2.24) is 5.16 Å². The molecule has 0 fully saturated rings. The highest BCUT2D eigenvalue weighted by Gasteiger charge is 2.18. The van der Waals surface area contributed by atoms with E-state index in [9.17, 15) is 4.79 Å². The van der Waals surface area contributed by atoms with Crippen LogP contribution in [-0.2, 0) is 0 Å². The lowest BCUT2D eigenvalue weighted by atomic mass is 10.2. The first-order chi connectivity index (χ1) is 9.65. The average molecular weight is 274 g/mol. The average Bonchev–Trinajstić information content (AvgIpc) is 2.78. The van der Waals surface area contributed by atoms with Crippen LogP contribution in [-0.4, -0.2) is 24.3 Å². The fourth-order valence-electron chi connectivity index (χ4n) is 2.12. The van der Waals surface area contributed by atoms with Crippen molar-refractivity contribution in [3.05, 3.63) is 35.2 Å². The maximum atomic E-state index is 12.2. The van der Waals surface area contributed by atoms with Crippen LogP contribution in [0, 0.1) is 13.8 Å². The van der Waals surface area contributed by atoms with Gasteiger partial charge >= 0.3 is 0 Å². The Morgan fingerprint density at radius 2 is 1.95 bits per heavy atom. The van der Waals surface area contributed by atoms with Crippen LogP contribution in [0.25, 0.3) is 0 Å². The first-order valence-electron chi connectivity index (χ1n) is 6.29. The van der Waals surface area contributed by atoms with Crippen LogP contribution >= 0.6 is 0 Å². The molecule has 1 aliphatic heterocycles. The number of benzene rings is 1. The van der Waals surface area contributed by atoms with Gasteiger partial charge in [0.2, 0.25) is 0 Å². The predicted octanol–water partition coefficient (Wildman–Crippen LogP) is 2.31. The van der Waals surface area contributed by atoms with Crippen molar-refractivity contribution in [3.8, 4) is 11.5 Å². The van der Waals surface area contributed by atoms with Crippen molar-refractivity contribution in [2.75, 3.05) is 18.5 Å². The third kappa shape index (κ3) is 2.20. The number of carbonyl (C=O) groups excluding carboxylic acids is 1. The number of hydrogen-bond acceptors (Lipinski definition) is 5. The molecule has 1 aliphatic rings. The van der Waals surface area contributed by atoms with E-state index in [0.717, 1.165) is 0 Å². The second kappa shape index (κ2) is 4.88. The van der Waals surface area contributed by atoms with E-state index in [0.29, 0.717) is 47.4 Å². The first kappa shape index (κ1) is 12.5. The molecule has 2 heterocycles. The number of carbonyl (C=O) groups is 1. The fourth-order valence-corrected chi connectivity index (χ4v) is 2.12. The molecule has 1 aromatic heterocycles. The molecule has 1 N–H and O–H groups in total. The SMILES string of the molecule is Cc1noc(C)c1C(=O)Nc1ccc2c(c1)OCCO2. The largest absolute Gasteiger partial charge is 0.486 e. The molecule has 3 rings (SSSR count). The molecule has 1 amide bonds. The molecule has 0 unspecified atom stereocenters. The second-order valence-electron chi connectivity index (χ2n) is 4.51. The summed E-state index contributed by atoms with van der Waals surface area (Å²) in [6.45, 7) is 4.49.